The van der Waals surface area contributed by atoms with Gasteiger partial charge in [-0.05, 0) is 37.3 Å². The molecule has 0 bridgehead atoms. The summed E-state index contributed by atoms with van der Waals surface area (Å²) >= 11 is 0. The minimum atomic E-state index is -3.94. The van der Waals surface area contributed by atoms with Crippen LogP contribution in [-0.2, 0) is 21.2 Å². The Morgan fingerprint density at radius 2 is 1.94 bits per heavy atom. The Hall–Kier alpha value is -3.42. The van der Waals surface area contributed by atoms with Crippen LogP contribution in [0.15, 0.2) is 53.4 Å². The number of aliphatic carboxylic acids is 1. The van der Waals surface area contributed by atoms with Crippen molar-refractivity contribution in [2.75, 3.05) is 13.2 Å². The van der Waals surface area contributed by atoms with Gasteiger partial charge in [-0.25, -0.2) is 15.0 Å². The highest BCUT2D eigenvalue weighted by Crippen LogP contribution is 2.39. The number of hydrogen-bond donors (Lipinski definition) is 1. The van der Waals surface area contributed by atoms with Gasteiger partial charge in [-0.3, -0.25) is 14.3 Å². The summed E-state index contributed by atoms with van der Waals surface area (Å²) in [5, 5.41) is 14.5. The molecule has 4 rings (SSSR count). The van der Waals surface area contributed by atoms with Gasteiger partial charge in [0.15, 0.2) is 0 Å². The normalized spacial score (nSPS) is 21.2. The fourth-order valence-corrected chi connectivity index (χ4v) is 5.96. The third kappa shape index (κ3) is 4.05. The minimum Gasteiger partial charge on any atom is -0.494 e. The number of sulfonamides is 1. The second kappa shape index (κ2) is 8.84. The van der Waals surface area contributed by atoms with Crippen LogP contribution in [0.1, 0.15) is 25.6 Å². The number of benzene rings is 2. The molecule has 0 radical (unpaired) electrons. The zero-order valence-corrected chi connectivity index (χ0v) is 19.1. The van der Waals surface area contributed by atoms with E-state index in [1.165, 1.54) is 16.4 Å². The van der Waals surface area contributed by atoms with E-state index in [1.807, 2.05) is 32.0 Å². The third-order valence-corrected chi connectivity index (χ3v) is 7.79. The Morgan fingerprint density at radius 3 is 2.58 bits per heavy atom. The second-order valence-corrected chi connectivity index (χ2v) is 9.82. The lowest BCUT2D eigenvalue weighted by Gasteiger charge is -2.17. The molecule has 2 heterocycles. The highest BCUT2D eigenvalue weighted by Gasteiger charge is 2.51. The number of aromatic nitrogens is 2. The van der Waals surface area contributed by atoms with Gasteiger partial charge in [0.25, 0.3) is 6.17 Å². The SMILES string of the molecule is [C-]#[N+][C@@H]1[C@@H](C)[C@H](n2nc(CC(=O)O)c3ccccc32)CN1S(=O)(=O)c1ccc(OCC)cc1. The molecule has 3 aromatic rings. The van der Waals surface area contributed by atoms with E-state index in [0.717, 1.165) is 5.52 Å². The van der Waals surface area contributed by atoms with Crippen LogP contribution in [0.4, 0.5) is 0 Å². The van der Waals surface area contributed by atoms with Crippen molar-refractivity contribution in [1.82, 2.24) is 14.1 Å². The average Bonchev–Trinajstić information content (AvgIpc) is 3.31. The summed E-state index contributed by atoms with van der Waals surface area (Å²) in [4.78, 5) is 15.0. The van der Waals surface area contributed by atoms with Crippen molar-refractivity contribution in [3.8, 4) is 5.75 Å². The third-order valence-electron chi connectivity index (χ3n) is 5.94. The maximum Gasteiger partial charge on any atom is 0.309 e. The van der Waals surface area contributed by atoms with Gasteiger partial charge < -0.3 is 9.84 Å². The molecule has 1 fully saturated rings. The lowest BCUT2D eigenvalue weighted by molar-refractivity contribution is -0.136. The van der Waals surface area contributed by atoms with E-state index in [4.69, 9.17) is 11.3 Å². The maximum absolute atomic E-state index is 13.4. The van der Waals surface area contributed by atoms with Crippen molar-refractivity contribution >= 4 is 26.9 Å². The molecule has 9 nitrogen and oxygen atoms in total. The number of nitrogens with zero attached hydrogens (tertiary/aromatic N) is 4. The van der Waals surface area contributed by atoms with Crippen LogP contribution in [-0.4, -0.2) is 52.9 Å². The van der Waals surface area contributed by atoms with Gasteiger partial charge in [-0.2, -0.15) is 5.10 Å². The Labute approximate surface area is 192 Å². The standard InChI is InChI=1S/C23H24N4O5S/c1-4-32-16-9-11-17(12-10-16)33(30,31)26-14-21(15(2)23(26)24-3)27-20-8-6-5-7-18(20)19(25-27)13-22(28)29/h5-12,15,21,23H,4,13-14H2,1-2H3,(H,28,29)/t15-,21+,23-/m0/s1. The van der Waals surface area contributed by atoms with E-state index in [1.54, 1.807) is 22.9 Å². The molecule has 10 heteroatoms. The van der Waals surface area contributed by atoms with Gasteiger partial charge >= 0.3 is 5.97 Å². The molecule has 2 aromatic carbocycles. The van der Waals surface area contributed by atoms with Gasteiger partial charge in [-0.15, -0.1) is 4.31 Å². The Kier molecular flexibility index (Phi) is 6.10. The molecule has 1 saturated heterocycles. The maximum atomic E-state index is 13.4. The number of hydrogen-bond acceptors (Lipinski definition) is 5. The first kappa shape index (κ1) is 22.8. The molecular weight excluding hydrogens is 444 g/mol. The average molecular weight is 469 g/mol. The Bertz CT molecular complexity index is 1330. The van der Waals surface area contributed by atoms with E-state index in [2.05, 4.69) is 9.94 Å². The quantitative estimate of drug-likeness (QED) is 0.534. The first-order valence-corrected chi connectivity index (χ1v) is 12.0. The van der Waals surface area contributed by atoms with E-state index in [0.29, 0.717) is 23.4 Å². The first-order chi connectivity index (χ1) is 15.8. The molecule has 0 spiro atoms. The number of carboxylic acid groups (broad SMARTS) is 1. The molecule has 1 N–H and O–H groups in total. The minimum absolute atomic E-state index is 0.0575. The number of carboxylic acids is 1. The summed E-state index contributed by atoms with van der Waals surface area (Å²) in [5.74, 6) is -0.788. The van der Waals surface area contributed by atoms with E-state index >= 15 is 0 Å². The first-order valence-electron chi connectivity index (χ1n) is 10.6. The number of carbonyl (C=O) groups is 1. The lowest BCUT2D eigenvalue weighted by atomic mass is 10.0. The number of ether oxygens (including phenoxy) is 1. The highest BCUT2D eigenvalue weighted by atomic mass is 32.2. The van der Waals surface area contributed by atoms with E-state index in [9.17, 15) is 18.3 Å². The van der Waals surface area contributed by atoms with Crippen molar-refractivity contribution in [3.63, 3.8) is 0 Å². The summed E-state index contributed by atoms with van der Waals surface area (Å²) in [6.45, 7) is 11.9. The number of fused-ring (bicyclic) bond motifs is 1. The Balaban J connectivity index is 1.73. The molecule has 33 heavy (non-hydrogen) atoms. The van der Waals surface area contributed by atoms with Crippen LogP contribution in [0.2, 0.25) is 0 Å². The van der Waals surface area contributed by atoms with Crippen molar-refractivity contribution in [3.05, 3.63) is 65.6 Å². The number of rotatable bonds is 7. The molecule has 1 aliphatic rings. The van der Waals surface area contributed by atoms with Gasteiger partial charge in [0.2, 0.25) is 10.0 Å². The largest absolute Gasteiger partial charge is 0.494 e. The van der Waals surface area contributed by atoms with Crippen LogP contribution in [0.5, 0.6) is 5.75 Å². The van der Waals surface area contributed by atoms with Gasteiger partial charge in [0, 0.05) is 11.9 Å². The van der Waals surface area contributed by atoms with Crippen LogP contribution < -0.4 is 4.74 Å². The molecule has 0 unspecified atom stereocenters. The smallest absolute Gasteiger partial charge is 0.309 e. The summed E-state index contributed by atoms with van der Waals surface area (Å²) in [7, 11) is -3.94. The predicted octanol–water partition coefficient (Wildman–Crippen LogP) is 3.19. The molecule has 0 saturated carbocycles. The van der Waals surface area contributed by atoms with Crippen LogP contribution in [0.3, 0.4) is 0 Å². The van der Waals surface area contributed by atoms with Crippen LogP contribution in [0.25, 0.3) is 15.7 Å². The van der Waals surface area contributed by atoms with Crippen molar-refractivity contribution < 1.29 is 23.1 Å². The van der Waals surface area contributed by atoms with Crippen molar-refractivity contribution in [2.45, 2.75) is 37.4 Å². The molecule has 0 amide bonds. The fraction of sp³-hybridized carbons (Fsp3) is 0.348. The van der Waals surface area contributed by atoms with Gasteiger partial charge in [0.1, 0.15) is 5.75 Å². The molecule has 172 valence electrons. The van der Waals surface area contributed by atoms with Gasteiger partial charge in [0.05, 0.1) is 41.1 Å². The summed E-state index contributed by atoms with van der Waals surface area (Å²) in [5.41, 5.74) is 1.13. The zero-order chi connectivity index (χ0) is 23.8. The monoisotopic (exact) mass is 468 g/mol. The summed E-state index contributed by atoms with van der Waals surface area (Å²) in [6, 6.07) is 13.0. The summed E-state index contributed by atoms with van der Waals surface area (Å²) < 4.78 is 35.2. The fourth-order valence-electron chi connectivity index (χ4n) is 4.33. The van der Waals surface area contributed by atoms with E-state index < -0.39 is 28.2 Å². The zero-order valence-electron chi connectivity index (χ0n) is 18.2. The van der Waals surface area contributed by atoms with Crippen LogP contribution in [0, 0.1) is 12.5 Å². The number of para-hydroxylation sites is 1. The van der Waals surface area contributed by atoms with Crippen LogP contribution >= 0.6 is 0 Å². The predicted molar refractivity (Wildman–Crippen MR) is 121 cm³/mol. The molecule has 3 atom stereocenters. The summed E-state index contributed by atoms with van der Waals surface area (Å²) in [6.07, 6.45) is -1.15. The topological polar surface area (TPSA) is 106 Å². The van der Waals surface area contributed by atoms with Crippen molar-refractivity contribution in [1.29, 1.82) is 0 Å². The molecular formula is C23H24N4O5S. The molecule has 1 aliphatic heterocycles. The second-order valence-electron chi connectivity index (χ2n) is 7.93. The molecule has 0 aliphatic carbocycles. The van der Waals surface area contributed by atoms with E-state index in [-0.39, 0.29) is 23.8 Å². The van der Waals surface area contributed by atoms with Gasteiger partial charge in [-0.1, -0.05) is 25.1 Å². The highest BCUT2D eigenvalue weighted by molar-refractivity contribution is 7.89. The van der Waals surface area contributed by atoms with Crippen molar-refractivity contribution in [2.24, 2.45) is 5.92 Å². The molecule has 1 aromatic heterocycles. The Morgan fingerprint density at radius 1 is 1.24 bits per heavy atom. The lowest BCUT2D eigenvalue weighted by Crippen LogP contribution is -2.35.